The van der Waals surface area contributed by atoms with Crippen LogP contribution in [0.1, 0.15) is 46.1 Å². The molecule has 1 aromatic rings. The van der Waals surface area contributed by atoms with Gasteiger partial charge in [0.05, 0.1) is 11.2 Å². The normalized spacial score (nSPS) is 21.8. The van der Waals surface area contributed by atoms with E-state index in [9.17, 15) is 4.39 Å². The fraction of sp³-hybridized carbons (Fsp3) is 0.500. The van der Waals surface area contributed by atoms with Crippen LogP contribution in [-0.2, 0) is 9.31 Å². The summed E-state index contributed by atoms with van der Waals surface area (Å²) in [6.07, 6.45) is 0. The topological polar surface area (TPSA) is 18.5 Å². The molecule has 0 bridgehead atoms. The molecular formula is C16H22BFO2. The fourth-order valence-corrected chi connectivity index (χ4v) is 2.22. The first kappa shape index (κ1) is 15.3. The molecule has 1 fully saturated rings. The molecule has 108 valence electrons. The summed E-state index contributed by atoms with van der Waals surface area (Å²) in [5.74, 6) is -0.386. The Bertz CT molecular complexity index is 509. The molecule has 0 amide bonds. The second-order valence-corrected chi connectivity index (χ2v) is 6.41. The zero-order chi connectivity index (χ0) is 15.1. The van der Waals surface area contributed by atoms with Gasteiger partial charge in [0.2, 0.25) is 0 Å². The smallest absolute Gasteiger partial charge is 0.400 e. The highest BCUT2D eigenvalue weighted by Gasteiger charge is 2.52. The Morgan fingerprint density at radius 1 is 1.15 bits per heavy atom. The molecule has 1 aromatic carbocycles. The number of benzene rings is 1. The highest BCUT2D eigenvalue weighted by atomic mass is 19.1. The van der Waals surface area contributed by atoms with Gasteiger partial charge in [-0.1, -0.05) is 25.1 Å². The summed E-state index contributed by atoms with van der Waals surface area (Å²) in [5.41, 5.74) is 0.548. The van der Waals surface area contributed by atoms with E-state index in [-0.39, 0.29) is 11.7 Å². The molecule has 1 saturated heterocycles. The van der Waals surface area contributed by atoms with Gasteiger partial charge in [-0.05, 0) is 44.8 Å². The maximum Gasteiger partial charge on any atom is 0.490 e. The molecular weight excluding hydrogens is 254 g/mol. The summed E-state index contributed by atoms with van der Waals surface area (Å²) in [4.78, 5) is 0. The summed E-state index contributed by atoms with van der Waals surface area (Å²) in [5, 5.41) is 0. The minimum absolute atomic E-state index is 0.161. The molecule has 2 rings (SSSR count). The van der Waals surface area contributed by atoms with E-state index < -0.39 is 18.3 Å². The highest BCUT2D eigenvalue weighted by Crippen LogP contribution is 2.41. The molecule has 0 unspecified atom stereocenters. The van der Waals surface area contributed by atoms with Gasteiger partial charge < -0.3 is 9.31 Å². The summed E-state index contributed by atoms with van der Waals surface area (Å²) in [6.45, 7) is 14.0. The van der Waals surface area contributed by atoms with Gasteiger partial charge in [-0.25, -0.2) is 4.39 Å². The molecule has 1 aliphatic heterocycles. The molecule has 0 radical (unpaired) electrons. The number of allylic oxidation sites excluding steroid dienone is 1. The summed E-state index contributed by atoms with van der Waals surface area (Å²) < 4.78 is 25.8. The molecule has 1 heterocycles. The van der Waals surface area contributed by atoms with Crippen LogP contribution in [0.5, 0.6) is 0 Å². The maximum atomic E-state index is 13.9. The van der Waals surface area contributed by atoms with Gasteiger partial charge >= 0.3 is 7.12 Å². The largest absolute Gasteiger partial charge is 0.490 e. The Morgan fingerprint density at radius 2 is 1.65 bits per heavy atom. The Morgan fingerprint density at radius 3 is 2.15 bits per heavy atom. The molecule has 1 atom stereocenters. The van der Waals surface area contributed by atoms with Crippen LogP contribution < -0.4 is 0 Å². The zero-order valence-corrected chi connectivity index (χ0v) is 12.9. The van der Waals surface area contributed by atoms with Gasteiger partial charge in [0.25, 0.3) is 0 Å². The highest BCUT2D eigenvalue weighted by molar-refractivity contribution is 6.54. The molecule has 0 aromatic heterocycles. The third kappa shape index (κ3) is 2.55. The Kier molecular flexibility index (Phi) is 3.82. The standard InChI is InChI=1S/C16H22BFO2/c1-11(13-9-7-8-10-14(13)18)12(2)17-19-15(3,4)16(5,6)20-17/h7-11H,2H2,1,3-6H3/t11-/m1/s1. The summed E-state index contributed by atoms with van der Waals surface area (Å²) >= 11 is 0. The lowest BCUT2D eigenvalue weighted by molar-refractivity contribution is 0.00578. The van der Waals surface area contributed by atoms with Crippen LogP contribution in [-0.4, -0.2) is 18.3 Å². The second-order valence-electron chi connectivity index (χ2n) is 6.41. The van der Waals surface area contributed by atoms with Crippen LogP contribution in [0.2, 0.25) is 0 Å². The average molecular weight is 276 g/mol. The number of hydrogen-bond acceptors (Lipinski definition) is 2. The second kappa shape index (κ2) is 5.01. The van der Waals surface area contributed by atoms with Crippen LogP contribution >= 0.6 is 0 Å². The van der Waals surface area contributed by atoms with Crippen molar-refractivity contribution in [3.05, 3.63) is 47.7 Å². The van der Waals surface area contributed by atoms with E-state index in [1.807, 2.05) is 40.7 Å². The predicted molar refractivity (Wildman–Crippen MR) is 80.0 cm³/mol. The van der Waals surface area contributed by atoms with Crippen molar-refractivity contribution in [1.29, 1.82) is 0 Å². The van der Waals surface area contributed by atoms with Crippen LogP contribution in [0.4, 0.5) is 4.39 Å². The van der Waals surface area contributed by atoms with Gasteiger partial charge in [0, 0.05) is 5.92 Å². The average Bonchev–Trinajstić information content (AvgIpc) is 2.57. The van der Waals surface area contributed by atoms with Crippen LogP contribution in [0.15, 0.2) is 36.3 Å². The first-order valence-corrected chi connectivity index (χ1v) is 6.94. The third-order valence-electron chi connectivity index (χ3n) is 4.48. The lowest BCUT2D eigenvalue weighted by atomic mass is 9.70. The SMILES string of the molecule is C=C(B1OC(C)(C)C(C)(C)O1)[C@@H](C)c1ccccc1F. The van der Waals surface area contributed by atoms with Crippen molar-refractivity contribution < 1.29 is 13.7 Å². The lowest BCUT2D eigenvalue weighted by Gasteiger charge is -2.32. The van der Waals surface area contributed by atoms with Gasteiger partial charge in [0.15, 0.2) is 0 Å². The van der Waals surface area contributed by atoms with E-state index in [0.29, 0.717) is 5.56 Å². The lowest BCUT2D eigenvalue weighted by Crippen LogP contribution is -2.41. The number of hydrogen-bond donors (Lipinski definition) is 0. The van der Waals surface area contributed by atoms with Crippen LogP contribution in [0, 0.1) is 5.82 Å². The molecule has 0 spiro atoms. The van der Waals surface area contributed by atoms with E-state index in [1.165, 1.54) is 6.07 Å². The zero-order valence-electron chi connectivity index (χ0n) is 12.9. The van der Waals surface area contributed by atoms with Gasteiger partial charge in [0.1, 0.15) is 5.82 Å². The van der Waals surface area contributed by atoms with E-state index in [1.54, 1.807) is 12.1 Å². The van der Waals surface area contributed by atoms with Crippen LogP contribution in [0.3, 0.4) is 0 Å². The fourth-order valence-electron chi connectivity index (χ4n) is 2.22. The Hall–Kier alpha value is -1.13. The van der Waals surface area contributed by atoms with Crippen molar-refractivity contribution in [2.45, 2.75) is 51.7 Å². The number of halogens is 1. The predicted octanol–water partition coefficient (Wildman–Crippen LogP) is 4.12. The van der Waals surface area contributed by atoms with E-state index >= 15 is 0 Å². The first-order valence-electron chi connectivity index (χ1n) is 6.94. The van der Waals surface area contributed by atoms with Gasteiger partial charge in [-0.2, -0.15) is 0 Å². The molecule has 20 heavy (non-hydrogen) atoms. The molecule has 0 saturated carbocycles. The van der Waals surface area contributed by atoms with E-state index in [2.05, 4.69) is 6.58 Å². The van der Waals surface area contributed by atoms with Crippen molar-refractivity contribution in [3.63, 3.8) is 0 Å². The van der Waals surface area contributed by atoms with Crippen LogP contribution in [0.25, 0.3) is 0 Å². The maximum absolute atomic E-state index is 13.9. The quantitative estimate of drug-likeness (QED) is 0.773. The minimum Gasteiger partial charge on any atom is -0.400 e. The van der Waals surface area contributed by atoms with Crippen molar-refractivity contribution in [3.8, 4) is 0 Å². The Labute approximate surface area is 121 Å². The van der Waals surface area contributed by atoms with Crippen molar-refractivity contribution >= 4 is 7.12 Å². The molecule has 0 aliphatic carbocycles. The van der Waals surface area contributed by atoms with Crippen molar-refractivity contribution in [2.24, 2.45) is 0 Å². The van der Waals surface area contributed by atoms with E-state index in [0.717, 1.165) is 5.47 Å². The monoisotopic (exact) mass is 276 g/mol. The molecule has 1 aliphatic rings. The first-order chi connectivity index (χ1) is 9.16. The third-order valence-corrected chi connectivity index (χ3v) is 4.48. The van der Waals surface area contributed by atoms with Crippen molar-refractivity contribution in [1.82, 2.24) is 0 Å². The minimum atomic E-state index is -0.505. The molecule has 2 nitrogen and oxygen atoms in total. The molecule has 4 heteroatoms. The van der Waals surface area contributed by atoms with Gasteiger partial charge in [-0.3, -0.25) is 0 Å². The van der Waals surface area contributed by atoms with Gasteiger partial charge in [-0.15, -0.1) is 6.58 Å². The summed E-state index contributed by atoms with van der Waals surface area (Å²) in [6, 6.07) is 6.75. The number of rotatable bonds is 3. The van der Waals surface area contributed by atoms with E-state index in [4.69, 9.17) is 9.31 Å². The Balaban J connectivity index is 2.20. The summed E-state index contributed by atoms with van der Waals surface area (Å²) in [7, 11) is -0.505. The molecule has 0 N–H and O–H groups in total. The van der Waals surface area contributed by atoms with Crippen molar-refractivity contribution in [2.75, 3.05) is 0 Å².